The lowest BCUT2D eigenvalue weighted by molar-refractivity contribution is -0.141. The van der Waals surface area contributed by atoms with Crippen LogP contribution in [0.4, 0.5) is 4.39 Å². The molecule has 2 saturated heterocycles. The Morgan fingerprint density at radius 1 is 1.00 bits per heavy atom. The predicted molar refractivity (Wildman–Crippen MR) is 92.4 cm³/mol. The molecule has 2 aliphatic heterocycles. The van der Waals surface area contributed by atoms with Crippen LogP contribution in [0, 0.1) is 11.7 Å². The van der Waals surface area contributed by atoms with E-state index in [0.29, 0.717) is 31.5 Å². The van der Waals surface area contributed by atoms with E-state index in [0.717, 1.165) is 38.8 Å². The first-order chi connectivity index (χ1) is 12.1. The largest absolute Gasteiger partial charge is 0.342 e. The van der Waals surface area contributed by atoms with Gasteiger partial charge in [0.2, 0.25) is 11.8 Å². The zero-order valence-corrected chi connectivity index (χ0v) is 14.5. The molecule has 1 atom stereocenters. The molecule has 1 aliphatic carbocycles. The maximum atomic E-state index is 14.2. The lowest BCUT2D eigenvalue weighted by atomic mass is 9.90. The van der Waals surface area contributed by atoms with E-state index in [1.807, 2.05) is 9.80 Å². The van der Waals surface area contributed by atoms with Gasteiger partial charge in [-0.1, -0.05) is 18.2 Å². The van der Waals surface area contributed by atoms with Crippen LogP contribution in [0.25, 0.3) is 0 Å². The van der Waals surface area contributed by atoms with Gasteiger partial charge in [-0.25, -0.2) is 4.39 Å². The van der Waals surface area contributed by atoms with Crippen LogP contribution >= 0.6 is 0 Å². The third-order valence-corrected chi connectivity index (χ3v) is 6.02. The van der Waals surface area contributed by atoms with E-state index in [1.54, 1.807) is 18.2 Å². The second kappa shape index (κ2) is 6.43. The Bertz CT molecular complexity index is 680. The Morgan fingerprint density at radius 2 is 1.68 bits per heavy atom. The molecule has 5 heteroatoms. The van der Waals surface area contributed by atoms with Gasteiger partial charge in [0.25, 0.3) is 0 Å². The van der Waals surface area contributed by atoms with Crippen LogP contribution in [0.15, 0.2) is 24.3 Å². The number of carbonyl (C=O) groups excluding carboxylic acids is 2. The van der Waals surface area contributed by atoms with Gasteiger partial charge in [-0.15, -0.1) is 0 Å². The van der Waals surface area contributed by atoms with E-state index >= 15 is 0 Å². The minimum absolute atomic E-state index is 0.0107. The quantitative estimate of drug-likeness (QED) is 0.846. The van der Waals surface area contributed by atoms with Gasteiger partial charge < -0.3 is 9.80 Å². The summed E-state index contributed by atoms with van der Waals surface area (Å²) in [5, 5.41) is 0. The van der Waals surface area contributed by atoms with Crippen molar-refractivity contribution in [3.63, 3.8) is 0 Å². The van der Waals surface area contributed by atoms with Crippen LogP contribution in [0.1, 0.15) is 44.1 Å². The number of hydrogen-bond acceptors (Lipinski definition) is 2. The fourth-order valence-electron chi connectivity index (χ4n) is 4.43. The molecule has 0 bridgehead atoms. The number of halogens is 1. The summed E-state index contributed by atoms with van der Waals surface area (Å²) >= 11 is 0. The van der Waals surface area contributed by atoms with E-state index < -0.39 is 5.41 Å². The molecular formula is C20H25FN2O2. The van der Waals surface area contributed by atoms with Crippen molar-refractivity contribution in [1.82, 2.24) is 9.80 Å². The average molecular weight is 344 g/mol. The summed E-state index contributed by atoms with van der Waals surface area (Å²) in [5.74, 6) is -0.176. The van der Waals surface area contributed by atoms with E-state index in [2.05, 4.69) is 0 Å². The van der Waals surface area contributed by atoms with Gasteiger partial charge in [-0.05, 0) is 44.6 Å². The molecule has 1 saturated carbocycles. The Hall–Kier alpha value is -1.91. The first kappa shape index (κ1) is 16.6. The summed E-state index contributed by atoms with van der Waals surface area (Å²) in [6.45, 7) is 2.87. The van der Waals surface area contributed by atoms with Crippen molar-refractivity contribution in [3.8, 4) is 0 Å². The number of benzene rings is 1. The highest BCUT2D eigenvalue weighted by molar-refractivity contribution is 5.92. The molecular weight excluding hydrogens is 319 g/mol. The molecule has 4 rings (SSSR count). The number of carbonyl (C=O) groups is 2. The molecule has 1 aromatic rings. The van der Waals surface area contributed by atoms with Gasteiger partial charge >= 0.3 is 0 Å². The zero-order valence-electron chi connectivity index (χ0n) is 14.5. The van der Waals surface area contributed by atoms with Gasteiger partial charge in [0, 0.05) is 31.7 Å². The first-order valence-electron chi connectivity index (χ1n) is 9.45. The summed E-state index contributed by atoms with van der Waals surface area (Å²) in [6, 6.07) is 6.61. The van der Waals surface area contributed by atoms with Crippen molar-refractivity contribution in [1.29, 1.82) is 0 Å². The third kappa shape index (κ3) is 2.94. The first-order valence-corrected chi connectivity index (χ1v) is 9.45. The van der Waals surface area contributed by atoms with Crippen LogP contribution in [0.3, 0.4) is 0 Å². The standard InChI is InChI=1S/C20H25FN2O2/c21-17-8-2-1-7-16(17)20(9-10-20)19(25)23-13-5-6-15(14-23)18(24)22-11-3-4-12-22/h1-2,7-8,15H,3-6,9-14H2/t15-/m0/s1. The van der Waals surface area contributed by atoms with Crippen LogP contribution in [0.5, 0.6) is 0 Å². The smallest absolute Gasteiger partial charge is 0.233 e. The fourth-order valence-corrected chi connectivity index (χ4v) is 4.43. The molecule has 0 radical (unpaired) electrons. The van der Waals surface area contributed by atoms with Gasteiger partial charge in [-0.3, -0.25) is 9.59 Å². The van der Waals surface area contributed by atoms with E-state index in [4.69, 9.17) is 0 Å². The summed E-state index contributed by atoms with van der Waals surface area (Å²) in [5.41, 5.74) is -0.169. The fraction of sp³-hybridized carbons (Fsp3) is 0.600. The van der Waals surface area contributed by atoms with E-state index in [1.165, 1.54) is 6.07 Å². The summed E-state index contributed by atoms with van der Waals surface area (Å²) in [7, 11) is 0. The zero-order chi connectivity index (χ0) is 17.4. The Labute approximate surface area is 148 Å². The maximum Gasteiger partial charge on any atom is 0.233 e. The van der Waals surface area contributed by atoms with Crippen LogP contribution < -0.4 is 0 Å². The van der Waals surface area contributed by atoms with Gasteiger partial charge in [0.1, 0.15) is 5.82 Å². The number of likely N-dealkylation sites (tertiary alicyclic amines) is 2. The molecule has 134 valence electrons. The molecule has 3 aliphatic rings. The Kier molecular flexibility index (Phi) is 4.26. The molecule has 2 amide bonds. The number of rotatable bonds is 3. The average Bonchev–Trinajstić information content (AvgIpc) is 3.26. The van der Waals surface area contributed by atoms with Crippen LogP contribution in [-0.4, -0.2) is 47.8 Å². The SMILES string of the molecule is O=C([C@H]1CCCN(C(=O)C2(c3ccccc3F)CC2)C1)N1CCCC1. The molecule has 4 nitrogen and oxygen atoms in total. The van der Waals surface area contributed by atoms with Gasteiger partial charge in [-0.2, -0.15) is 0 Å². The lowest BCUT2D eigenvalue weighted by Crippen LogP contribution is -2.49. The van der Waals surface area contributed by atoms with Gasteiger partial charge in [0.05, 0.1) is 11.3 Å². The lowest BCUT2D eigenvalue weighted by Gasteiger charge is -2.36. The van der Waals surface area contributed by atoms with Crippen molar-refractivity contribution in [3.05, 3.63) is 35.6 Å². The van der Waals surface area contributed by atoms with Crippen molar-refractivity contribution in [2.75, 3.05) is 26.2 Å². The third-order valence-electron chi connectivity index (χ3n) is 6.02. The molecule has 0 aromatic heterocycles. The monoisotopic (exact) mass is 344 g/mol. The predicted octanol–water partition coefficient (Wildman–Crippen LogP) is 2.72. The number of nitrogens with zero attached hydrogens (tertiary/aromatic N) is 2. The van der Waals surface area contributed by atoms with Crippen molar-refractivity contribution in [2.45, 2.75) is 43.9 Å². The highest BCUT2D eigenvalue weighted by atomic mass is 19.1. The summed E-state index contributed by atoms with van der Waals surface area (Å²) in [4.78, 5) is 29.6. The van der Waals surface area contributed by atoms with Crippen LogP contribution in [0.2, 0.25) is 0 Å². The number of hydrogen-bond donors (Lipinski definition) is 0. The van der Waals surface area contributed by atoms with Crippen molar-refractivity contribution >= 4 is 11.8 Å². The second-order valence-corrected chi connectivity index (χ2v) is 7.68. The highest BCUT2D eigenvalue weighted by Gasteiger charge is 2.54. The topological polar surface area (TPSA) is 40.6 Å². The van der Waals surface area contributed by atoms with E-state index in [-0.39, 0.29) is 23.5 Å². The Balaban J connectivity index is 1.49. The molecule has 25 heavy (non-hydrogen) atoms. The van der Waals surface area contributed by atoms with Crippen LogP contribution in [-0.2, 0) is 15.0 Å². The van der Waals surface area contributed by atoms with Crippen molar-refractivity contribution in [2.24, 2.45) is 5.92 Å². The molecule has 3 fully saturated rings. The number of amides is 2. The minimum Gasteiger partial charge on any atom is -0.342 e. The summed E-state index contributed by atoms with van der Waals surface area (Å²) in [6.07, 6.45) is 5.27. The highest BCUT2D eigenvalue weighted by Crippen LogP contribution is 2.50. The Morgan fingerprint density at radius 3 is 2.36 bits per heavy atom. The number of piperidine rings is 1. The van der Waals surface area contributed by atoms with Crippen molar-refractivity contribution < 1.29 is 14.0 Å². The second-order valence-electron chi connectivity index (χ2n) is 7.68. The minimum atomic E-state index is -0.691. The molecule has 0 spiro atoms. The summed E-state index contributed by atoms with van der Waals surface area (Å²) < 4.78 is 14.2. The maximum absolute atomic E-state index is 14.2. The molecule has 0 unspecified atom stereocenters. The molecule has 2 heterocycles. The van der Waals surface area contributed by atoms with E-state index in [9.17, 15) is 14.0 Å². The normalized spacial score (nSPS) is 25.1. The molecule has 1 aromatic carbocycles. The van der Waals surface area contributed by atoms with Gasteiger partial charge in [0.15, 0.2) is 0 Å². The molecule has 0 N–H and O–H groups in total.